The van der Waals surface area contributed by atoms with Crippen molar-refractivity contribution < 1.29 is 19.0 Å². The maximum atomic E-state index is 12.4. The second-order valence-electron chi connectivity index (χ2n) is 5.40. The molecular weight excluding hydrogens is 306 g/mol. The molecule has 2 aromatic carbocycles. The van der Waals surface area contributed by atoms with Gasteiger partial charge >= 0.3 is 0 Å². The molecule has 0 bridgehead atoms. The van der Waals surface area contributed by atoms with Gasteiger partial charge in [0.1, 0.15) is 0 Å². The highest BCUT2D eigenvalue weighted by atomic mass is 16.5. The number of benzene rings is 2. The molecule has 1 heterocycles. The van der Waals surface area contributed by atoms with E-state index in [-0.39, 0.29) is 11.9 Å². The minimum Gasteiger partial charge on any atom is -0.493 e. The van der Waals surface area contributed by atoms with E-state index in [4.69, 9.17) is 14.2 Å². The topological polar surface area (TPSA) is 48.0 Å². The van der Waals surface area contributed by atoms with Crippen molar-refractivity contribution in [2.75, 3.05) is 26.2 Å². The van der Waals surface area contributed by atoms with Crippen molar-refractivity contribution in [2.45, 2.75) is 6.04 Å². The van der Waals surface area contributed by atoms with Crippen LogP contribution in [0.25, 0.3) is 0 Å². The molecule has 1 saturated heterocycles. The Bertz CT molecular complexity index is 760. The number of carbonyl (C=O) groups excluding carboxylic acids is 1. The number of rotatable bonds is 5. The normalized spacial score (nSPS) is 16.6. The number of hydrogen-bond acceptors (Lipinski definition) is 4. The van der Waals surface area contributed by atoms with E-state index in [1.54, 1.807) is 38.4 Å². The largest absolute Gasteiger partial charge is 0.493 e. The molecule has 5 heteroatoms. The smallest absolute Gasteiger partial charge is 0.256 e. The van der Waals surface area contributed by atoms with Crippen molar-refractivity contribution in [3.05, 3.63) is 60.2 Å². The van der Waals surface area contributed by atoms with Crippen molar-refractivity contribution in [1.82, 2.24) is 0 Å². The molecule has 0 spiro atoms. The van der Waals surface area contributed by atoms with Crippen molar-refractivity contribution in [3.8, 4) is 17.2 Å². The van der Waals surface area contributed by atoms with Gasteiger partial charge in [-0.2, -0.15) is 0 Å². The fraction of sp³-hybridized carbons (Fsp3) is 0.211. The molecule has 1 fully saturated rings. The van der Waals surface area contributed by atoms with Crippen LogP contribution in [0.3, 0.4) is 0 Å². The Morgan fingerprint density at radius 1 is 0.958 bits per heavy atom. The van der Waals surface area contributed by atoms with E-state index in [9.17, 15) is 4.79 Å². The number of amides is 1. The van der Waals surface area contributed by atoms with Crippen LogP contribution < -0.4 is 19.1 Å². The molecule has 1 aliphatic heterocycles. The monoisotopic (exact) mass is 325 g/mol. The first kappa shape index (κ1) is 15.9. The Morgan fingerprint density at radius 2 is 1.54 bits per heavy atom. The van der Waals surface area contributed by atoms with Crippen LogP contribution in [0.2, 0.25) is 0 Å². The number of methoxy groups -OCH3 is 3. The van der Waals surface area contributed by atoms with Crippen molar-refractivity contribution in [2.24, 2.45) is 0 Å². The number of β-lactam (4-membered cyclic amide) rings is 1. The first-order valence-corrected chi connectivity index (χ1v) is 7.49. The van der Waals surface area contributed by atoms with E-state index < -0.39 is 0 Å². The summed E-state index contributed by atoms with van der Waals surface area (Å²) in [6.45, 7) is 3.92. The SMILES string of the molecule is C=C1C(=O)N(c2cc(OC)c(OC)c(OC)c2)C1c1ccccc1. The third-order valence-corrected chi connectivity index (χ3v) is 4.12. The summed E-state index contributed by atoms with van der Waals surface area (Å²) in [5, 5.41) is 0. The molecule has 0 saturated carbocycles. The highest BCUT2D eigenvalue weighted by Crippen LogP contribution is 2.47. The lowest BCUT2D eigenvalue weighted by Crippen LogP contribution is -2.48. The highest BCUT2D eigenvalue weighted by molar-refractivity contribution is 6.15. The highest BCUT2D eigenvalue weighted by Gasteiger charge is 2.43. The quantitative estimate of drug-likeness (QED) is 0.625. The van der Waals surface area contributed by atoms with Crippen LogP contribution in [-0.2, 0) is 4.79 Å². The van der Waals surface area contributed by atoms with Crippen molar-refractivity contribution >= 4 is 11.6 Å². The van der Waals surface area contributed by atoms with Gasteiger partial charge in [0.15, 0.2) is 11.5 Å². The number of ether oxygens (including phenoxy) is 3. The van der Waals surface area contributed by atoms with Gasteiger partial charge in [0, 0.05) is 17.7 Å². The van der Waals surface area contributed by atoms with Gasteiger partial charge in [-0.3, -0.25) is 9.69 Å². The van der Waals surface area contributed by atoms with Gasteiger partial charge in [-0.05, 0) is 5.56 Å². The summed E-state index contributed by atoms with van der Waals surface area (Å²) in [5.41, 5.74) is 2.25. The Hall–Kier alpha value is -2.95. The molecule has 3 rings (SSSR count). The third kappa shape index (κ3) is 2.38. The van der Waals surface area contributed by atoms with E-state index in [2.05, 4.69) is 6.58 Å². The Balaban J connectivity index is 2.07. The van der Waals surface area contributed by atoms with Gasteiger partial charge in [-0.1, -0.05) is 36.9 Å². The van der Waals surface area contributed by atoms with Gasteiger partial charge in [-0.25, -0.2) is 0 Å². The molecule has 2 aromatic rings. The van der Waals surface area contributed by atoms with Crippen LogP contribution in [0.1, 0.15) is 11.6 Å². The molecule has 0 aliphatic carbocycles. The van der Waals surface area contributed by atoms with Crippen molar-refractivity contribution in [3.63, 3.8) is 0 Å². The molecule has 124 valence electrons. The zero-order valence-electron chi connectivity index (χ0n) is 13.9. The molecular formula is C19H19NO4. The minimum absolute atomic E-state index is 0.113. The lowest BCUT2D eigenvalue weighted by molar-refractivity contribution is -0.118. The molecule has 0 N–H and O–H groups in total. The molecule has 24 heavy (non-hydrogen) atoms. The van der Waals surface area contributed by atoms with Crippen LogP contribution in [0, 0.1) is 0 Å². The lowest BCUT2D eigenvalue weighted by atomic mass is 9.88. The van der Waals surface area contributed by atoms with E-state index in [1.807, 2.05) is 30.3 Å². The number of carbonyl (C=O) groups is 1. The Kier molecular flexibility index (Phi) is 4.16. The molecule has 0 radical (unpaired) electrons. The number of hydrogen-bond donors (Lipinski definition) is 0. The average Bonchev–Trinajstić information content (AvgIpc) is 2.64. The second kappa shape index (κ2) is 6.28. The number of nitrogens with zero attached hydrogens (tertiary/aromatic N) is 1. The lowest BCUT2D eigenvalue weighted by Gasteiger charge is -2.42. The van der Waals surface area contributed by atoms with Gasteiger partial charge in [0.2, 0.25) is 5.75 Å². The van der Waals surface area contributed by atoms with Crippen LogP contribution in [0.5, 0.6) is 17.2 Å². The molecule has 1 amide bonds. The van der Waals surface area contributed by atoms with Crippen LogP contribution >= 0.6 is 0 Å². The molecule has 0 aromatic heterocycles. The molecule has 5 nitrogen and oxygen atoms in total. The van der Waals surface area contributed by atoms with Gasteiger partial charge in [0.05, 0.1) is 33.1 Å². The summed E-state index contributed by atoms with van der Waals surface area (Å²) >= 11 is 0. The fourth-order valence-corrected chi connectivity index (χ4v) is 2.94. The summed E-state index contributed by atoms with van der Waals surface area (Å²) in [4.78, 5) is 14.1. The summed E-state index contributed by atoms with van der Waals surface area (Å²) in [6.07, 6.45) is 0. The molecule has 1 atom stereocenters. The van der Waals surface area contributed by atoms with E-state index in [0.717, 1.165) is 5.56 Å². The molecule has 1 aliphatic rings. The minimum atomic E-state index is -0.193. The van der Waals surface area contributed by atoms with Crippen LogP contribution in [-0.4, -0.2) is 27.2 Å². The first-order valence-electron chi connectivity index (χ1n) is 7.49. The second-order valence-corrected chi connectivity index (χ2v) is 5.40. The van der Waals surface area contributed by atoms with Gasteiger partial charge < -0.3 is 14.2 Å². The maximum absolute atomic E-state index is 12.4. The first-order chi connectivity index (χ1) is 11.6. The van der Waals surface area contributed by atoms with Gasteiger partial charge in [0.25, 0.3) is 5.91 Å². The molecule has 1 unspecified atom stereocenters. The predicted octanol–water partition coefficient (Wildman–Crippen LogP) is 3.36. The Labute approximate surface area is 141 Å². The van der Waals surface area contributed by atoms with Crippen LogP contribution in [0.4, 0.5) is 5.69 Å². The maximum Gasteiger partial charge on any atom is 0.256 e. The van der Waals surface area contributed by atoms with E-state index in [0.29, 0.717) is 28.5 Å². The van der Waals surface area contributed by atoms with Crippen LogP contribution in [0.15, 0.2) is 54.6 Å². The zero-order chi connectivity index (χ0) is 17.3. The third-order valence-electron chi connectivity index (χ3n) is 4.12. The predicted molar refractivity (Wildman–Crippen MR) is 91.9 cm³/mol. The average molecular weight is 325 g/mol. The summed E-state index contributed by atoms with van der Waals surface area (Å²) in [6, 6.07) is 13.1. The standard InChI is InChI=1S/C19H19NO4/c1-12-17(13-8-6-5-7-9-13)20(19(12)21)14-10-15(22-2)18(24-4)16(11-14)23-3/h5-11,17H,1H2,2-4H3. The zero-order valence-corrected chi connectivity index (χ0v) is 13.9. The summed E-state index contributed by atoms with van der Waals surface area (Å²) < 4.78 is 16.1. The fourth-order valence-electron chi connectivity index (χ4n) is 2.94. The van der Waals surface area contributed by atoms with E-state index >= 15 is 0 Å². The summed E-state index contributed by atoms with van der Waals surface area (Å²) in [7, 11) is 4.64. The Morgan fingerprint density at radius 3 is 2.04 bits per heavy atom. The number of anilines is 1. The van der Waals surface area contributed by atoms with Gasteiger partial charge in [-0.15, -0.1) is 0 Å². The summed E-state index contributed by atoms with van der Waals surface area (Å²) in [5.74, 6) is 1.39. The van der Waals surface area contributed by atoms with Crippen molar-refractivity contribution in [1.29, 1.82) is 0 Å². The van der Waals surface area contributed by atoms with E-state index in [1.165, 1.54) is 0 Å².